The Labute approximate surface area is 166 Å². The molecule has 148 valence electrons. The van der Waals surface area contributed by atoms with E-state index in [1.807, 2.05) is 18.2 Å². The lowest BCUT2D eigenvalue weighted by Crippen LogP contribution is -2.36. The van der Waals surface area contributed by atoms with Crippen LogP contribution >= 0.6 is 11.3 Å². The van der Waals surface area contributed by atoms with Gasteiger partial charge in [0.25, 0.3) is 0 Å². The maximum absolute atomic E-state index is 13.0. The van der Waals surface area contributed by atoms with Crippen molar-refractivity contribution >= 4 is 33.6 Å². The molecule has 5 nitrogen and oxygen atoms in total. The maximum Gasteiger partial charge on any atom is 0.248 e. The molecule has 0 bridgehead atoms. The molecule has 1 aliphatic rings. The number of anilines is 1. The zero-order chi connectivity index (χ0) is 20.3. The molecule has 0 amide bonds. The number of aliphatic hydroxyl groups excluding tert-OH is 1. The average molecular weight is 404 g/mol. The molecule has 0 saturated heterocycles. The highest BCUT2D eigenvalue weighted by atomic mass is 32.1. The molecule has 0 atom stereocenters. The number of fused-ring (bicyclic) bond motifs is 1. The first-order valence-corrected chi connectivity index (χ1v) is 9.65. The van der Waals surface area contributed by atoms with Gasteiger partial charge in [0, 0.05) is 60.8 Å². The molecular weight excluding hydrogens is 382 g/mol. The molecule has 0 aromatic carbocycles. The highest BCUT2D eigenvalue weighted by Gasteiger charge is 2.45. The SMILES string of the molecule is CN=Cc1cc(-c2ccc3cc(CC4CC(F)(F)C4)sc3n2)cnc1N.CO. The minimum Gasteiger partial charge on any atom is -0.400 e. The van der Waals surface area contributed by atoms with Crippen molar-refractivity contribution in [1.29, 1.82) is 0 Å². The lowest BCUT2D eigenvalue weighted by atomic mass is 9.79. The number of hydrogen-bond donors (Lipinski definition) is 2. The summed E-state index contributed by atoms with van der Waals surface area (Å²) in [5.41, 5.74) is 8.28. The van der Waals surface area contributed by atoms with Gasteiger partial charge in [-0.2, -0.15) is 0 Å². The standard InChI is InChI=1S/C19H18F2N4S.CH4O/c1-23-9-14-5-13(10-24-17(14)22)16-3-2-12-6-15(26-18(12)25-16)4-11-7-19(20,21)8-11;1-2/h2-3,5-6,9-11H,4,7-8H2,1H3,(H2,22,24);2H,1H3. The fraction of sp³-hybridized carbons (Fsp3) is 0.350. The molecule has 3 aromatic heterocycles. The van der Waals surface area contributed by atoms with E-state index >= 15 is 0 Å². The second-order valence-electron chi connectivity index (χ2n) is 6.72. The quantitative estimate of drug-likeness (QED) is 0.639. The van der Waals surface area contributed by atoms with E-state index in [4.69, 9.17) is 15.8 Å². The molecule has 28 heavy (non-hydrogen) atoms. The summed E-state index contributed by atoms with van der Waals surface area (Å²) in [5.74, 6) is -1.96. The van der Waals surface area contributed by atoms with E-state index in [1.54, 1.807) is 30.8 Å². The molecule has 3 heterocycles. The monoisotopic (exact) mass is 404 g/mol. The van der Waals surface area contributed by atoms with Gasteiger partial charge in [-0.05, 0) is 36.6 Å². The van der Waals surface area contributed by atoms with Crippen LogP contribution < -0.4 is 5.73 Å². The Morgan fingerprint density at radius 2 is 2.07 bits per heavy atom. The number of aliphatic imine (C=N–C) groups is 1. The van der Waals surface area contributed by atoms with Gasteiger partial charge in [0.1, 0.15) is 10.6 Å². The van der Waals surface area contributed by atoms with Crippen molar-refractivity contribution in [3.63, 3.8) is 0 Å². The van der Waals surface area contributed by atoms with E-state index in [9.17, 15) is 8.78 Å². The zero-order valence-corrected chi connectivity index (χ0v) is 16.5. The summed E-state index contributed by atoms with van der Waals surface area (Å²) in [7, 11) is 2.68. The number of halogens is 2. The average Bonchev–Trinajstić information content (AvgIpc) is 3.05. The summed E-state index contributed by atoms with van der Waals surface area (Å²) in [5, 5.41) is 8.04. The summed E-state index contributed by atoms with van der Waals surface area (Å²) in [6.07, 6.45) is 4.06. The molecule has 1 fully saturated rings. The minimum atomic E-state index is -2.46. The van der Waals surface area contributed by atoms with Gasteiger partial charge in [-0.1, -0.05) is 0 Å². The van der Waals surface area contributed by atoms with Crippen LogP contribution in [0.25, 0.3) is 21.5 Å². The van der Waals surface area contributed by atoms with Crippen LogP contribution in [-0.2, 0) is 6.42 Å². The van der Waals surface area contributed by atoms with Gasteiger partial charge in [-0.25, -0.2) is 18.7 Å². The third-order valence-electron chi connectivity index (χ3n) is 4.61. The topological polar surface area (TPSA) is 84.4 Å². The predicted octanol–water partition coefficient (Wildman–Crippen LogP) is 4.19. The summed E-state index contributed by atoms with van der Waals surface area (Å²) in [6.45, 7) is 0. The largest absolute Gasteiger partial charge is 0.400 e. The van der Waals surface area contributed by atoms with Gasteiger partial charge in [-0.15, -0.1) is 11.3 Å². The van der Waals surface area contributed by atoms with Crippen LogP contribution in [0.5, 0.6) is 0 Å². The fourth-order valence-electron chi connectivity index (χ4n) is 3.32. The first kappa shape index (κ1) is 20.3. The molecular formula is C20H22F2N4OS. The number of hydrogen-bond acceptors (Lipinski definition) is 6. The predicted molar refractivity (Wildman–Crippen MR) is 110 cm³/mol. The number of rotatable bonds is 4. The molecule has 4 rings (SSSR count). The van der Waals surface area contributed by atoms with Crippen LogP contribution in [0, 0.1) is 5.92 Å². The lowest BCUT2D eigenvalue weighted by Gasteiger charge is -2.34. The number of aromatic nitrogens is 2. The summed E-state index contributed by atoms with van der Waals surface area (Å²) in [4.78, 5) is 14.9. The second kappa shape index (κ2) is 8.28. The zero-order valence-electron chi connectivity index (χ0n) is 15.7. The van der Waals surface area contributed by atoms with E-state index in [0.29, 0.717) is 12.2 Å². The maximum atomic E-state index is 13.0. The third-order valence-corrected chi connectivity index (χ3v) is 5.68. The first-order chi connectivity index (χ1) is 13.4. The van der Waals surface area contributed by atoms with Crippen LogP contribution in [-0.4, -0.2) is 41.4 Å². The van der Waals surface area contributed by atoms with Gasteiger partial charge in [-0.3, -0.25) is 4.99 Å². The Balaban J connectivity index is 0.00000109. The number of nitrogen functional groups attached to an aromatic ring is 1. The minimum absolute atomic E-state index is 0.00120. The lowest BCUT2D eigenvalue weighted by molar-refractivity contribution is -0.109. The molecule has 0 radical (unpaired) electrons. The van der Waals surface area contributed by atoms with Gasteiger partial charge < -0.3 is 10.8 Å². The molecule has 8 heteroatoms. The second-order valence-corrected chi connectivity index (χ2v) is 7.84. The van der Waals surface area contributed by atoms with Gasteiger partial charge in [0.15, 0.2) is 0 Å². The molecule has 0 spiro atoms. The summed E-state index contributed by atoms with van der Waals surface area (Å²) < 4.78 is 26.0. The Morgan fingerprint density at radius 3 is 2.75 bits per heavy atom. The first-order valence-electron chi connectivity index (χ1n) is 8.83. The Bertz CT molecular complexity index is 995. The van der Waals surface area contributed by atoms with Crippen LogP contribution in [0.4, 0.5) is 14.6 Å². The highest BCUT2D eigenvalue weighted by Crippen LogP contribution is 2.44. The van der Waals surface area contributed by atoms with Crippen LogP contribution in [0.1, 0.15) is 23.3 Å². The van der Waals surface area contributed by atoms with Crippen molar-refractivity contribution in [2.75, 3.05) is 19.9 Å². The van der Waals surface area contributed by atoms with Crippen molar-refractivity contribution in [2.45, 2.75) is 25.2 Å². The number of aliphatic hydroxyl groups is 1. The molecule has 3 aromatic rings. The van der Waals surface area contributed by atoms with Crippen molar-refractivity contribution in [2.24, 2.45) is 10.9 Å². The molecule has 1 aliphatic carbocycles. The molecule has 0 aliphatic heterocycles. The number of nitrogens with two attached hydrogens (primary N) is 1. The van der Waals surface area contributed by atoms with Gasteiger partial charge in [0.05, 0.1) is 5.69 Å². The Hall–Kier alpha value is -2.45. The Kier molecular flexibility index (Phi) is 6.00. The highest BCUT2D eigenvalue weighted by molar-refractivity contribution is 7.18. The van der Waals surface area contributed by atoms with Crippen molar-refractivity contribution in [3.05, 3.63) is 40.9 Å². The summed E-state index contributed by atoms with van der Waals surface area (Å²) >= 11 is 1.57. The van der Waals surface area contributed by atoms with Gasteiger partial charge >= 0.3 is 0 Å². The van der Waals surface area contributed by atoms with Crippen LogP contribution in [0.2, 0.25) is 0 Å². The van der Waals surface area contributed by atoms with E-state index in [0.717, 1.165) is 39.0 Å². The normalized spacial score (nSPS) is 16.0. The van der Waals surface area contributed by atoms with Crippen molar-refractivity contribution < 1.29 is 13.9 Å². The van der Waals surface area contributed by atoms with Crippen LogP contribution in [0.3, 0.4) is 0 Å². The fourth-order valence-corrected chi connectivity index (χ4v) is 4.46. The summed E-state index contributed by atoms with van der Waals surface area (Å²) in [6, 6.07) is 7.92. The molecule has 0 unspecified atom stereocenters. The smallest absolute Gasteiger partial charge is 0.248 e. The van der Waals surface area contributed by atoms with E-state index < -0.39 is 5.92 Å². The van der Waals surface area contributed by atoms with Gasteiger partial charge in [0.2, 0.25) is 5.92 Å². The number of thiophene rings is 1. The molecule has 1 saturated carbocycles. The molecule has 3 N–H and O–H groups in total. The number of alkyl halides is 2. The van der Waals surface area contributed by atoms with Crippen LogP contribution in [0.15, 0.2) is 35.5 Å². The van der Waals surface area contributed by atoms with E-state index in [2.05, 4.69) is 16.0 Å². The third kappa shape index (κ3) is 4.34. The van der Waals surface area contributed by atoms with Crippen molar-refractivity contribution in [1.82, 2.24) is 9.97 Å². The van der Waals surface area contributed by atoms with E-state index in [-0.39, 0.29) is 18.8 Å². The van der Waals surface area contributed by atoms with Crippen molar-refractivity contribution in [3.8, 4) is 11.3 Å². The number of nitrogens with zero attached hydrogens (tertiary/aromatic N) is 3. The van der Waals surface area contributed by atoms with E-state index in [1.165, 1.54) is 0 Å². The Morgan fingerprint density at radius 1 is 1.32 bits per heavy atom. The number of pyridine rings is 2.